The number of hydrogen-bond donors (Lipinski definition) is 2. The Kier molecular flexibility index (Phi) is 7.19. The van der Waals surface area contributed by atoms with Crippen molar-refractivity contribution >= 4 is 29.2 Å². The van der Waals surface area contributed by atoms with Crippen LogP contribution in [0.5, 0.6) is 0 Å². The van der Waals surface area contributed by atoms with Crippen LogP contribution in [0.15, 0.2) is 53.3 Å². The van der Waals surface area contributed by atoms with Gasteiger partial charge in [0.25, 0.3) is 11.5 Å². The second-order valence-electron chi connectivity index (χ2n) is 8.11. The molecule has 1 aliphatic rings. The molecule has 3 aromatic rings. The first-order chi connectivity index (χ1) is 16.8. The van der Waals surface area contributed by atoms with Crippen LogP contribution in [0.4, 0.5) is 5.82 Å². The van der Waals surface area contributed by atoms with Gasteiger partial charge in [-0.15, -0.1) is 0 Å². The van der Waals surface area contributed by atoms with E-state index in [2.05, 4.69) is 20.7 Å². The highest BCUT2D eigenvalue weighted by Gasteiger charge is 2.23. The average molecular weight is 492 g/mol. The van der Waals surface area contributed by atoms with Gasteiger partial charge in [-0.1, -0.05) is 23.7 Å². The fourth-order valence-corrected chi connectivity index (χ4v) is 3.86. The molecule has 35 heavy (non-hydrogen) atoms. The van der Waals surface area contributed by atoms with Crippen LogP contribution in [-0.4, -0.2) is 57.2 Å². The number of piperazine rings is 1. The van der Waals surface area contributed by atoms with Crippen molar-refractivity contribution in [3.8, 4) is 17.3 Å². The van der Waals surface area contributed by atoms with E-state index in [4.69, 9.17) is 11.6 Å². The number of amides is 2. The third kappa shape index (κ3) is 5.90. The van der Waals surface area contributed by atoms with Crippen LogP contribution in [0, 0.1) is 11.3 Å². The van der Waals surface area contributed by atoms with Crippen molar-refractivity contribution in [1.82, 2.24) is 25.0 Å². The summed E-state index contributed by atoms with van der Waals surface area (Å²) in [5, 5.41) is 20.0. The van der Waals surface area contributed by atoms with Crippen LogP contribution in [0.1, 0.15) is 23.0 Å². The smallest absolute Gasteiger partial charge is 0.267 e. The summed E-state index contributed by atoms with van der Waals surface area (Å²) < 4.78 is 1.03. The van der Waals surface area contributed by atoms with Gasteiger partial charge < -0.3 is 15.5 Å². The SMILES string of the molecule is CC1CN(C(=O)c2cc(C#N)nc(NC(=O)Cn3nc(-c4ccc(Cl)cc4)ccc3=O)c2)CCN1. The molecule has 2 aromatic heterocycles. The van der Waals surface area contributed by atoms with Gasteiger partial charge in [-0.3, -0.25) is 14.4 Å². The molecule has 0 bridgehead atoms. The number of nitrogens with one attached hydrogen (secondary N) is 2. The van der Waals surface area contributed by atoms with E-state index in [1.807, 2.05) is 13.0 Å². The van der Waals surface area contributed by atoms with Crippen LogP contribution in [0.25, 0.3) is 11.3 Å². The van der Waals surface area contributed by atoms with Crippen LogP contribution in [-0.2, 0) is 11.3 Å². The van der Waals surface area contributed by atoms with E-state index in [0.29, 0.717) is 30.4 Å². The Labute approximate surface area is 206 Å². The highest BCUT2D eigenvalue weighted by Crippen LogP contribution is 2.18. The van der Waals surface area contributed by atoms with E-state index in [1.165, 1.54) is 18.2 Å². The van der Waals surface area contributed by atoms with E-state index in [9.17, 15) is 19.6 Å². The third-order valence-electron chi connectivity index (χ3n) is 5.41. The van der Waals surface area contributed by atoms with Gasteiger partial charge in [0.15, 0.2) is 0 Å². The molecule has 0 radical (unpaired) electrons. The molecule has 1 unspecified atom stereocenters. The molecule has 1 atom stereocenters. The van der Waals surface area contributed by atoms with Crippen LogP contribution < -0.4 is 16.2 Å². The van der Waals surface area contributed by atoms with Gasteiger partial charge in [0.2, 0.25) is 5.91 Å². The first kappa shape index (κ1) is 24.1. The number of nitriles is 1. The summed E-state index contributed by atoms with van der Waals surface area (Å²) in [6.45, 7) is 3.34. The lowest BCUT2D eigenvalue weighted by atomic mass is 10.1. The molecule has 1 aliphatic heterocycles. The Morgan fingerprint density at radius 3 is 2.71 bits per heavy atom. The lowest BCUT2D eigenvalue weighted by molar-refractivity contribution is -0.117. The van der Waals surface area contributed by atoms with Gasteiger partial charge >= 0.3 is 0 Å². The summed E-state index contributed by atoms with van der Waals surface area (Å²) in [5.74, 6) is -0.784. The van der Waals surface area contributed by atoms with Crippen LogP contribution >= 0.6 is 11.6 Å². The summed E-state index contributed by atoms with van der Waals surface area (Å²) in [6, 6.07) is 14.7. The van der Waals surface area contributed by atoms with Gasteiger partial charge in [-0.25, -0.2) is 9.67 Å². The number of pyridine rings is 1. The number of hydrogen-bond acceptors (Lipinski definition) is 7. The van der Waals surface area contributed by atoms with Crippen molar-refractivity contribution in [2.24, 2.45) is 0 Å². The van der Waals surface area contributed by atoms with Crippen molar-refractivity contribution < 1.29 is 9.59 Å². The van der Waals surface area contributed by atoms with Gasteiger partial charge in [-0.2, -0.15) is 10.4 Å². The zero-order valence-electron chi connectivity index (χ0n) is 18.9. The molecule has 1 aromatic carbocycles. The van der Waals surface area contributed by atoms with Gasteiger partial charge in [0, 0.05) is 47.9 Å². The van der Waals surface area contributed by atoms with Gasteiger partial charge in [-0.05, 0) is 37.3 Å². The maximum atomic E-state index is 13.0. The fourth-order valence-electron chi connectivity index (χ4n) is 3.73. The van der Waals surface area contributed by atoms with Crippen molar-refractivity contribution in [1.29, 1.82) is 5.26 Å². The second-order valence-corrected chi connectivity index (χ2v) is 8.55. The first-order valence-electron chi connectivity index (χ1n) is 10.9. The van der Waals surface area contributed by atoms with Crippen molar-refractivity contribution in [2.75, 3.05) is 25.0 Å². The summed E-state index contributed by atoms with van der Waals surface area (Å²) in [4.78, 5) is 43.7. The fraction of sp³-hybridized carbons (Fsp3) is 0.250. The quantitative estimate of drug-likeness (QED) is 0.556. The summed E-state index contributed by atoms with van der Waals surface area (Å²) in [7, 11) is 0. The maximum absolute atomic E-state index is 13.0. The Balaban J connectivity index is 1.52. The maximum Gasteiger partial charge on any atom is 0.267 e. The Hall–Kier alpha value is -4.07. The zero-order chi connectivity index (χ0) is 24.9. The predicted molar refractivity (Wildman–Crippen MR) is 130 cm³/mol. The standard InChI is InChI=1S/C24H22ClN7O3/c1-15-13-31(9-8-27-15)24(35)17-10-19(12-26)28-21(11-17)29-22(33)14-32-23(34)7-6-20(30-32)16-2-4-18(25)5-3-16/h2-7,10-11,15,27H,8-9,13-14H2,1H3,(H,28,29,33). The molecule has 0 spiro atoms. The van der Waals surface area contributed by atoms with E-state index in [1.54, 1.807) is 35.2 Å². The molecule has 0 aliphatic carbocycles. The molecular weight excluding hydrogens is 470 g/mol. The van der Waals surface area contributed by atoms with Crippen LogP contribution in [0.3, 0.4) is 0 Å². The molecule has 0 saturated carbocycles. The highest BCUT2D eigenvalue weighted by molar-refractivity contribution is 6.30. The topological polar surface area (TPSA) is 133 Å². The largest absolute Gasteiger partial charge is 0.336 e. The van der Waals surface area contributed by atoms with E-state index < -0.39 is 11.5 Å². The molecule has 1 saturated heterocycles. The molecule has 1 fully saturated rings. The lowest BCUT2D eigenvalue weighted by Gasteiger charge is -2.32. The molecule has 10 nitrogen and oxygen atoms in total. The van der Waals surface area contributed by atoms with E-state index in [-0.39, 0.29) is 35.6 Å². The van der Waals surface area contributed by atoms with Gasteiger partial charge in [0.1, 0.15) is 24.1 Å². The van der Waals surface area contributed by atoms with Crippen molar-refractivity contribution in [3.63, 3.8) is 0 Å². The van der Waals surface area contributed by atoms with Crippen LogP contribution in [0.2, 0.25) is 5.02 Å². The third-order valence-corrected chi connectivity index (χ3v) is 5.66. The molecule has 3 heterocycles. The predicted octanol–water partition coefficient (Wildman–Crippen LogP) is 1.90. The summed E-state index contributed by atoms with van der Waals surface area (Å²) >= 11 is 5.92. The van der Waals surface area contributed by atoms with Gasteiger partial charge in [0.05, 0.1) is 5.69 Å². The average Bonchev–Trinajstić information content (AvgIpc) is 2.85. The Bertz CT molecular complexity index is 1360. The van der Waals surface area contributed by atoms with Crippen molar-refractivity contribution in [3.05, 3.63) is 75.2 Å². The number of nitrogens with zero attached hydrogens (tertiary/aromatic N) is 5. The Morgan fingerprint density at radius 1 is 1.23 bits per heavy atom. The van der Waals surface area contributed by atoms with E-state index >= 15 is 0 Å². The lowest BCUT2D eigenvalue weighted by Crippen LogP contribution is -2.51. The number of aromatic nitrogens is 3. The summed E-state index contributed by atoms with van der Waals surface area (Å²) in [5.41, 5.74) is 1.02. The van der Waals surface area contributed by atoms with E-state index in [0.717, 1.165) is 10.2 Å². The van der Waals surface area contributed by atoms with Crippen molar-refractivity contribution in [2.45, 2.75) is 19.5 Å². The minimum Gasteiger partial charge on any atom is -0.336 e. The number of rotatable bonds is 5. The monoisotopic (exact) mass is 491 g/mol. The molecule has 2 N–H and O–H groups in total. The molecule has 11 heteroatoms. The molecule has 4 rings (SSSR count). The molecule has 178 valence electrons. The minimum atomic E-state index is -0.579. The highest BCUT2D eigenvalue weighted by atomic mass is 35.5. The first-order valence-corrected chi connectivity index (χ1v) is 11.3. The zero-order valence-corrected chi connectivity index (χ0v) is 19.6. The normalized spacial score (nSPS) is 15.3. The summed E-state index contributed by atoms with van der Waals surface area (Å²) in [6.07, 6.45) is 0. The number of carbonyl (C=O) groups excluding carboxylic acids is 2. The molecular formula is C24H22ClN7O3. The number of benzene rings is 1. The number of carbonyl (C=O) groups is 2. The molecule has 2 amide bonds. The Morgan fingerprint density at radius 2 is 2.00 bits per heavy atom. The second kappa shape index (κ2) is 10.5. The number of halogens is 1. The number of anilines is 1. The minimum absolute atomic E-state index is 0.00522.